The van der Waals surface area contributed by atoms with Crippen LogP contribution in [0.3, 0.4) is 0 Å². The number of amides is 1. The maximum atomic E-state index is 12.2. The number of carbonyl (C=O) groups is 1. The van der Waals surface area contributed by atoms with Gasteiger partial charge in [-0.1, -0.05) is 34.5 Å². The van der Waals surface area contributed by atoms with Gasteiger partial charge in [0.15, 0.2) is 5.69 Å². The number of benzene rings is 1. The van der Waals surface area contributed by atoms with Gasteiger partial charge in [-0.2, -0.15) is 0 Å². The van der Waals surface area contributed by atoms with Gasteiger partial charge >= 0.3 is 0 Å². The molecule has 1 fully saturated rings. The number of nitrogens with one attached hydrogen (secondary N) is 2. The predicted octanol–water partition coefficient (Wildman–Crippen LogP) is 2.90. The van der Waals surface area contributed by atoms with Crippen molar-refractivity contribution in [2.24, 2.45) is 0 Å². The minimum Gasteiger partial charge on any atom is -0.350 e. The highest BCUT2D eigenvalue weighted by atomic mass is 35.5. The summed E-state index contributed by atoms with van der Waals surface area (Å²) >= 11 is 12.2. The van der Waals surface area contributed by atoms with E-state index in [2.05, 4.69) is 20.9 Å². The Balaban J connectivity index is 0.00000225. The van der Waals surface area contributed by atoms with Crippen LogP contribution in [0.4, 0.5) is 0 Å². The first kappa shape index (κ1) is 20.0. The SMILES string of the molecule is Cl.O=C(NCCc1c(Cl)cccc1Cl)c1cn(C2CCNCC2)nn1. The topological polar surface area (TPSA) is 71.8 Å². The fourth-order valence-corrected chi connectivity index (χ4v) is 3.38. The maximum Gasteiger partial charge on any atom is 0.273 e. The summed E-state index contributed by atoms with van der Waals surface area (Å²) in [6.45, 7) is 2.36. The largest absolute Gasteiger partial charge is 0.350 e. The molecule has 0 spiro atoms. The minimum absolute atomic E-state index is 0. The first-order valence-electron chi connectivity index (χ1n) is 7.99. The quantitative estimate of drug-likeness (QED) is 0.804. The van der Waals surface area contributed by atoms with Crippen LogP contribution in [0.2, 0.25) is 10.0 Å². The van der Waals surface area contributed by atoms with Crippen LogP contribution in [0.1, 0.15) is 34.9 Å². The van der Waals surface area contributed by atoms with Crippen molar-refractivity contribution in [3.8, 4) is 0 Å². The molecule has 25 heavy (non-hydrogen) atoms. The molecule has 1 saturated heterocycles. The number of hydrogen-bond acceptors (Lipinski definition) is 4. The van der Waals surface area contributed by atoms with E-state index in [0.29, 0.717) is 34.7 Å². The van der Waals surface area contributed by atoms with Crippen LogP contribution < -0.4 is 10.6 Å². The molecule has 0 bridgehead atoms. The lowest BCUT2D eigenvalue weighted by atomic mass is 10.1. The van der Waals surface area contributed by atoms with Crippen molar-refractivity contribution in [2.45, 2.75) is 25.3 Å². The molecule has 1 aliphatic heterocycles. The minimum atomic E-state index is -0.238. The van der Waals surface area contributed by atoms with E-state index in [1.165, 1.54) is 0 Å². The molecule has 0 aliphatic carbocycles. The van der Waals surface area contributed by atoms with Gasteiger partial charge in [0, 0.05) is 16.6 Å². The second-order valence-corrected chi connectivity index (χ2v) is 6.59. The zero-order valence-corrected chi connectivity index (χ0v) is 15.9. The van der Waals surface area contributed by atoms with Crippen molar-refractivity contribution in [2.75, 3.05) is 19.6 Å². The smallest absolute Gasteiger partial charge is 0.273 e. The van der Waals surface area contributed by atoms with E-state index >= 15 is 0 Å². The van der Waals surface area contributed by atoms with Gasteiger partial charge in [0.05, 0.1) is 12.2 Å². The van der Waals surface area contributed by atoms with Crippen LogP contribution in [0.15, 0.2) is 24.4 Å². The molecule has 136 valence electrons. The maximum absolute atomic E-state index is 12.2. The predicted molar refractivity (Wildman–Crippen MR) is 101 cm³/mol. The summed E-state index contributed by atoms with van der Waals surface area (Å²) in [6, 6.07) is 5.68. The Bertz CT molecular complexity index is 695. The summed E-state index contributed by atoms with van der Waals surface area (Å²) in [5, 5.41) is 15.4. The van der Waals surface area contributed by atoms with Crippen LogP contribution in [0.25, 0.3) is 0 Å². The van der Waals surface area contributed by atoms with Gasteiger partial charge in [-0.15, -0.1) is 17.5 Å². The van der Waals surface area contributed by atoms with E-state index in [9.17, 15) is 4.79 Å². The van der Waals surface area contributed by atoms with Gasteiger partial charge in [0.25, 0.3) is 5.91 Å². The number of aromatic nitrogens is 3. The van der Waals surface area contributed by atoms with E-state index in [1.54, 1.807) is 29.1 Å². The fraction of sp³-hybridized carbons (Fsp3) is 0.438. The monoisotopic (exact) mass is 403 g/mol. The molecule has 2 N–H and O–H groups in total. The van der Waals surface area contributed by atoms with E-state index in [4.69, 9.17) is 23.2 Å². The number of halogens is 3. The first-order valence-corrected chi connectivity index (χ1v) is 8.74. The highest BCUT2D eigenvalue weighted by Gasteiger charge is 2.18. The van der Waals surface area contributed by atoms with Crippen LogP contribution in [-0.4, -0.2) is 40.5 Å². The van der Waals surface area contributed by atoms with Crippen molar-refractivity contribution < 1.29 is 4.79 Å². The standard InChI is InChI=1S/C16H19Cl2N5O.ClH/c17-13-2-1-3-14(18)12(13)6-9-20-16(24)15-10-23(22-21-15)11-4-7-19-8-5-11;/h1-3,10-11,19H,4-9H2,(H,20,24);1H. The molecular formula is C16H20Cl3N5O. The van der Waals surface area contributed by atoms with E-state index in [-0.39, 0.29) is 18.3 Å². The molecule has 1 aromatic heterocycles. The summed E-state index contributed by atoms with van der Waals surface area (Å²) in [6.07, 6.45) is 4.27. The Labute approximate surface area is 162 Å². The molecular weight excluding hydrogens is 385 g/mol. The average molecular weight is 405 g/mol. The molecule has 0 unspecified atom stereocenters. The summed E-state index contributed by atoms with van der Waals surface area (Å²) in [5.41, 5.74) is 1.17. The van der Waals surface area contributed by atoms with Crippen LogP contribution in [-0.2, 0) is 6.42 Å². The Kier molecular flexibility index (Phi) is 7.50. The number of rotatable bonds is 5. The van der Waals surface area contributed by atoms with Gasteiger partial charge in [-0.05, 0) is 50.0 Å². The highest BCUT2D eigenvalue weighted by molar-refractivity contribution is 6.36. The van der Waals surface area contributed by atoms with Crippen molar-refractivity contribution >= 4 is 41.5 Å². The third-order valence-corrected chi connectivity index (χ3v) is 4.86. The fourth-order valence-electron chi connectivity index (χ4n) is 2.79. The van der Waals surface area contributed by atoms with E-state index in [1.807, 2.05) is 0 Å². The summed E-state index contributed by atoms with van der Waals surface area (Å²) in [5.74, 6) is -0.238. The van der Waals surface area contributed by atoms with Gasteiger partial charge in [-0.25, -0.2) is 4.68 Å². The van der Waals surface area contributed by atoms with Gasteiger partial charge in [0.2, 0.25) is 0 Å². The molecule has 0 radical (unpaired) electrons. The van der Waals surface area contributed by atoms with Crippen molar-refractivity contribution in [1.82, 2.24) is 25.6 Å². The Morgan fingerprint density at radius 2 is 1.96 bits per heavy atom. The highest BCUT2D eigenvalue weighted by Crippen LogP contribution is 2.24. The normalized spacial score (nSPS) is 14.8. The number of piperidine rings is 1. The molecule has 2 aromatic rings. The Hall–Kier alpha value is -1.34. The first-order chi connectivity index (χ1) is 11.6. The van der Waals surface area contributed by atoms with E-state index < -0.39 is 0 Å². The molecule has 0 atom stereocenters. The Morgan fingerprint density at radius 1 is 1.28 bits per heavy atom. The van der Waals surface area contributed by atoms with Gasteiger partial charge in [0.1, 0.15) is 0 Å². The zero-order chi connectivity index (χ0) is 16.9. The number of nitrogens with zero attached hydrogens (tertiary/aromatic N) is 3. The lowest BCUT2D eigenvalue weighted by molar-refractivity contribution is 0.0949. The number of hydrogen-bond donors (Lipinski definition) is 2. The number of carbonyl (C=O) groups excluding carboxylic acids is 1. The van der Waals surface area contributed by atoms with Gasteiger partial charge < -0.3 is 10.6 Å². The van der Waals surface area contributed by atoms with E-state index in [0.717, 1.165) is 31.5 Å². The van der Waals surface area contributed by atoms with Crippen LogP contribution in [0.5, 0.6) is 0 Å². The van der Waals surface area contributed by atoms with Crippen molar-refractivity contribution in [1.29, 1.82) is 0 Å². The summed E-state index contributed by atoms with van der Waals surface area (Å²) in [4.78, 5) is 12.2. The molecule has 2 heterocycles. The third kappa shape index (κ3) is 5.07. The van der Waals surface area contributed by atoms with Gasteiger partial charge in [-0.3, -0.25) is 4.79 Å². The molecule has 1 aliphatic rings. The molecule has 1 amide bonds. The summed E-state index contributed by atoms with van der Waals surface area (Å²) in [7, 11) is 0. The van der Waals surface area contributed by atoms with Crippen molar-refractivity contribution in [3.05, 3.63) is 45.7 Å². The summed E-state index contributed by atoms with van der Waals surface area (Å²) < 4.78 is 1.79. The third-order valence-electron chi connectivity index (χ3n) is 4.15. The average Bonchev–Trinajstić information content (AvgIpc) is 3.08. The molecule has 9 heteroatoms. The lowest BCUT2D eigenvalue weighted by Gasteiger charge is -2.22. The molecule has 0 saturated carbocycles. The molecule has 3 rings (SSSR count). The lowest BCUT2D eigenvalue weighted by Crippen LogP contribution is -2.29. The molecule has 6 nitrogen and oxygen atoms in total. The molecule has 1 aromatic carbocycles. The van der Waals surface area contributed by atoms with Crippen LogP contribution >= 0.6 is 35.6 Å². The second-order valence-electron chi connectivity index (χ2n) is 5.77. The van der Waals surface area contributed by atoms with Crippen molar-refractivity contribution in [3.63, 3.8) is 0 Å². The zero-order valence-electron chi connectivity index (χ0n) is 13.5. The van der Waals surface area contributed by atoms with Crippen LogP contribution in [0, 0.1) is 0 Å². The Morgan fingerprint density at radius 3 is 2.64 bits per heavy atom. The second kappa shape index (κ2) is 9.38.